The van der Waals surface area contributed by atoms with E-state index in [4.69, 9.17) is 4.74 Å². The first-order chi connectivity index (χ1) is 14.7. The molecule has 0 aliphatic carbocycles. The second-order valence-corrected chi connectivity index (χ2v) is 8.44. The number of carbonyl (C=O) groups excluding carboxylic acids is 1. The maximum absolute atomic E-state index is 12.5. The van der Waals surface area contributed by atoms with Gasteiger partial charge in [0.2, 0.25) is 11.9 Å². The summed E-state index contributed by atoms with van der Waals surface area (Å²) in [6.07, 6.45) is 2.01. The van der Waals surface area contributed by atoms with E-state index in [1.165, 1.54) is 11.8 Å². The largest absolute Gasteiger partial charge is 0.378 e. The lowest BCUT2D eigenvalue weighted by molar-refractivity contribution is -0.113. The summed E-state index contributed by atoms with van der Waals surface area (Å²) >= 11 is 3.02. The van der Waals surface area contributed by atoms with E-state index in [1.807, 2.05) is 65.4 Å². The SMILES string of the molecule is CSc1cccc(NC(=O)CSc2nnc(N3CCOCC3)n2-c2ccccc2)c1. The fraction of sp³-hybridized carbons (Fsp3) is 0.286. The molecule has 2 heterocycles. The highest BCUT2D eigenvalue weighted by atomic mass is 32.2. The molecule has 1 aliphatic heterocycles. The molecule has 1 aromatic heterocycles. The summed E-state index contributed by atoms with van der Waals surface area (Å²) in [6.45, 7) is 2.87. The Labute approximate surface area is 184 Å². The minimum atomic E-state index is -0.0752. The Morgan fingerprint density at radius 3 is 2.67 bits per heavy atom. The molecule has 7 nitrogen and oxygen atoms in total. The van der Waals surface area contributed by atoms with E-state index in [9.17, 15) is 4.79 Å². The van der Waals surface area contributed by atoms with Gasteiger partial charge in [0.25, 0.3) is 0 Å². The minimum absolute atomic E-state index is 0.0752. The molecule has 0 unspecified atom stereocenters. The number of rotatable bonds is 7. The number of amides is 1. The summed E-state index contributed by atoms with van der Waals surface area (Å²) < 4.78 is 7.48. The van der Waals surface area contributed by atoms with Crippen LogP contribution in [0.5, 0.6) is 0 Å². The average Bonchev–Trinajstić information content (AvgIpc) is 3.23. The van der Waals surface area contributed by atoms with Crippen LogP contribution in [0.4, 0.5) is 11.6 Å². The number of nitrogens with one attached hydrogen (secondary N) is 1. The molecular weight excluding hydrogens is 418 g/mol. The van der Waals surface area contributed by atoms with Crippen molar-refractivity contribution in [2.45, 2.75) is 10.1 Å². The Morgan fingerprint density at radius 2 is 1.90 bits per heavy atom. The number of para-hydroxylation sites is 1. The van der Waals surface area contributed by atoms with Crippen LogP contribution in [0.15, 0.2) is 64.6 Å². The van der Waals surface area contributed by atoms with Gasteiger partial charge in [0.05, 0.1) is 24.7 Å². The Kier molecular flexibility index (Phi) is 6.93. The van der Waals surface area contributed by atoms with E-state index < -0.39 is 0 Å². The van der Waals surface area contributed by atoms with E-state index in [0.29, 0.717) is 18.4 Å². The first-order valence-corrected chi connectivity index (χ1v) is 11.9. The molecule has 3 aromatic rings. The fourth-order valence-electron chi connectivity index (χ4n) is 3.15. The average molecular weight is 442 g/mol. The maximum atomic E-state index is 12.5. The van der Waals surface area contributed by atoms with Crippen LogP contribution in [0, 0.1) is 0 Å². The predicted molar refractivity (Wildman–Crippen MR) is 122 cm³/mol. The van der Waals surface area contributed by atoms with Crippen molar-refractivity contribution in [3.8, 4) is 5.69 Å². The van der Waals surface area contributed by atoms with Gasteiger partial charge in [-0.25, -0.2) is 0 Å². The summed E-state index contributed by atoms with van der Waals surface area (Å²) in [4.78, 5) is 15.8. The monoisotopic (exact) mass is 441 g/mol. The lowest BCUT2D eigenvalue weighted by atomic mass is 10.3. The van der Waals surface area contributed by atoms with Crippen LogP contribution in [0.3, 0.4) is 0 Å². The first-order valence-electron chi connectivity index (χ1n) is 9.65. The molecule has 1 saturated heterocycles. The van der Waals surface area contributed by atoms with Crippen molar-refractivity contribution in [1.29, 1.82) is 0 Å². The van der Waals surface area contributed by atoms with Gasteiger partial charge in [0.15, 0.2) is 5.16 Å². The van der Waals surface area contributed by atoms with Crippen LogP contribution in [0.2, 0.25) is 0 Å². The van der Waals surface area contributed by atoms with E-state index in [-0.39, 0.29) is 11.7 Å². The zero-order valence-electron chi connectivity index (χ0n) is 16.7. The van der Waals surface area contributed by atoms with Crippen LogP contribution in [0.25, 0.3) is 5.69 Å². The maximum Gasteiger partial charge on any atom is 0.234 e. The van der Waals surface area contributed by atoms with Gasteiger partial charge in [-0.15, -0.1) is 22.0 Å². The quantitative estimate of drug-likeness (QED) is 0.562. The van der Waals surface area contributed by atoms with Gasteiger partial charge < -0.3 is 15.0 Å². The number of aromatic nitrogens is 3. The van der Waals surface area contributed by atoms with Crippen molar-refractivity contribution >= 4 is 41.1 Å². The summed E-state index contributed by atoms with van der Waals surface area (Å²) in [6, 6.07) is 17.8. The first kappa shape index (κ1) is 20.8. The van der Waals surface area contributed by atoms with Crippen LogP contribution in [0.1, 0.15) is 0 Å². The number of anilines is 2. The summed E-state index contributed by atoms with van der Waals surface area (Å²) in [5, 5.41) is 12.5. The van der Waals surface area contributed by atoms with Gasteiger partial charge >= 0.3 is 0 Å². The molecule has 0 atom stereocenters. The smallest absolute Gasteiger partial charge is 0.234 e. The van der Waals surface area contributed by atoms with E-state index in [0.717, 1.165) is 35.3 Å². The Morgan fingerprint density at radius 1 is 1.10 bits per heavy atom. The van der Waals surface area contributed by atoms with Gasteiger partial charge in [-0.1, -0.05) is 36.0 Å². The molecule has 2 aromatic carbocycles. The number of carbonyl (C=O) groups is 1. The van der Waals surface area contributed by atoms with Crippen LogP contribution >= 0.6 is 23.5 Å². The number of thioether (sulfide) groups is 2. The molecule has 1 fully saturated rings. The van der Waals surface area contributed by atoms with Crippen molar-refractivity contribution in [1.82, 2.24) is 14.8 Å². The van der Waals surface area contributed by atoms with Gasteiger partial charge in [0.1, 0.15) is 0 Å². The highest BCUT2D eigenvalue weighted by Gasteiger charge is 2.22. The molecule has 30 heavy (non-hydrogen) atoms. The standard InChI is InChI=1S/C21H23N5O2S2/c1-29-18-9-5-6-16(14-18)22-19(27)15-30-21-24-23-20(25-10-12-28-13-11-25)26(21)17-7-3-2-4-8-17/h2-9,14H,10-13,15H2,1H3,(H,22,27). The fourth-order valence-corrected chi connectivity index (χ4v) is 4.36. The molecule has 1 aliphatic rings. The summed E-state index contributed by atoms with van der Waals surface area (Å²) in [5.41, 5.74) is 1.77. The number of ether oxygens (including phenoxy) is 1. The van der Waals surface area contributed by atoms with Gasteiger partial charge in [0, 0.05) is 23.7 Å². The number of benzene rings is 2. The van der Waals surface area contributed by atoms with Crippen molar-refractivity contribution in [2.75, 3.05) is 48.5 Å². The van der Waals surface area contributed by atoms with Crippen LogP contribution in [-0.2, 0) is 9.53 Å². The molecule has 0 bridgehead atoms. The van der Waals surface area contributed by atoms with E-state index in [1.54, 1.807) is 11.8 Å². The van der Waals surface area contributed by atoms with Crippen molar-refractivity contribution in [3.05, 3.63) is 54.6 Å². The molecule has 156 valence electrons. The van der Waals surface area contributed by atoms with Crippen LogP contribution < -0.4 is 10.2 Å². The summed E-state index contributed by atoms with van der Waals surface area (Å²) in [7, 11) is 0. The third kappa shape index (κ3) is 4.97. The lowest BCUT2D eigenvalue weighted by Gasteiger charge is -2.27. The number of nitrogens with zero attached hydrogens (tertiary/aromatic N) is 4. The Balaban J connectivity index is 1.50. The van der Waals surface area contributed by atoms with Crippen LogP contribution in [-0.4, -0.2) is 59.0 Å². The number of hydrogen-bond acceptors (Lipinski definition) is 7. The van der Waals surface area contributed by atoms with Gasteiger partial charge in [-0.2, -0.15) is 0 Å². The van der Waals surface area contributed by atoms with E-state index >= 15 is 0 Å². The highest BCUT2D eigenvalue weighted by Crippen LogP contribution is 2.27. The van der Waals surface area contributed by atoms with Crippen molar-refractivity contribution in [3.63, 3.8) is 0 Å². The minimum Gasteiger partial charge on any atom is -0.378 e. The zero-order chi connectivity index (χ0) is 20.8. The molecule has 1 amide bonds. The van der Waals surface area contributed by atoms with Crippen molar-refractivity contribution < 1.29 is 9.53 Å². The lowest BCUT2D eigenvalue weighted by Crippen LogP contribution is -2.37. The second kappa shape index (κ2) is 10.0. The number of morpholine rings is 1. The molecule has 0 radical (unpaired) electrons. The van der Waals surface area contributed by atoms with Gasteiger partial charge in [-0.3, -0.25) is 9.36 Å². The molecule has 0 spiro atoms. The second-order valence-electron chi connectivity index (χ2n) is 6.62. The topological polar surface area (TPSA) is 72.3 Å². The Hall–Kier alpha value is -2.49. The molecule has 4 rings (SSSR count). The molecule has 9 heteroatoms. The van der Waals surface area contributed by atoms with Crippen molar-refractivity contribution in [2.24, 2.45) is 0 Å². The Bertz CT molecular complexity index is 990. The predicted octanol–water partition coefficient (Wildman–Crippen LogP) is 3.56. The molecule has 0 saturated carbocycles. The normalized spacial score (nSPS) is 14.0. The summed E-state index contributed by atoms with van der Waals surface area (Å²) in [5.74, 6) is 0.950. The van der Waals surface area contributed by atoms with E-state index in [2.05, 4.69) is 20.4 Å². The molecule has 1 N–H and O–H groups in total. The number of hydrogen-bond donors (Lipinski definition) is 1. The zero-order valence-corrected chi connectivity index (χ0v) is 18.3. The molecular formula is C21H23N5O2S2. The third-order valence-corrected chi connectivity index (χ3v) is 6.26. The highest BCUT2D eigenvalue weighted by molar-refractivity contribution is 7.99. The van der Waals surface area contributed by atoms with Gasteiger partial charge in [-0.05, 0) is 36.6 Å². The third-order valence-electron chi connectivity index (χ3n) is 4.61.